The molecule has 0 saturated heterocycles. The van der Waals surface area contributed by atoms with Gasteiger partial charge in [-0.15, -0.1) is 0 Å². The first-order valence-corrected chi connectivity index (χ1v) is 8.59. The summed E-state index contributed by atoms with van der Waals surface area (Å²) in [6.45, 7) is 1.91. The summed E-state index contributed by atoms with van der Waals surface area (Å²) in [5.41, 5.74) is 3.73. The summed E-state index contributed by atoms with van der Waals surface area (Å²) in [5.74, 6) is 0. The van der Waals surface area contributed by atoms with Gasteiger partial charge in [-0.05, 0) is 29.7 Å². The van der Waals surface area contributed by atoms with Crippen molar-refractivity contribution in [3.05, 3.63) is 88.9 Å². The number of carbonyl (C=O) groups is 1. The number of hydrogen-bond donors (Lipinski definition) is 0. The Morgan fingerprint density at radius 3 is 2.25 bits per heavy atom. The Balaban J connectivity index is 0.00000208. The summed E-state index contributed by atoms with van der Waals surface area (Å²) in [5, 5.41) is 1.50. The molecule has 0 aliphatic carbocycles. The molecular formula is C20H15ClLiOP. The van der Waals surface area contributed by atoms with Gasteiger partial charge < -0.3 is 13.4 Å². The SMILES string of the molecule is Cc1cccc(Cl)c1C(=O)[P-]c1ccccc1-c1ccccc1.[Li+]. The zero-order chi connectivity index (χ0) is 16.2. The molecule has 0 fully saturated rings. The van der Waals surface area contributed by atoms with Crippen LogP contribution < -0.4 is 24.2 Å². The van der Waals surface area contributed by atoms with Crippen LogP contribution in [-0.4, -0.2) is 5.52 Å². The van der Waals surface area contributed by atoms with Crippen molar-refractivity contribution < 1.29 is 23.7 Å². The van der Waals surface area contributed by atoms with Crippen molar-refractivity contribution in [2.24, 2.45) is 0 Å². The summed E-state index contributed by atoms with van der Waals surface area (Å²) >= 11 is 6.22. The minimum absolute atomic E-state index is 0. The fourth-order valence-corrected chi connectivity index (χ4v) is 3.99. The molecule has 114 valence electrons. The van der Waals surface area contributed by atoms with Gasteiger partial charge in [0, 0.05) is 16.1 Å². The van der Waals surface area contributed by atoms with Crippen molar-refractivity contribution >= 4 is 31.0 Å². The van der Waals surface area contributed by atoms with Gasteiger partial charge in [0.05, 0.1) is 0 Å². The van der Waals surface area contributed by atoms with E-state index in [2.05, 4.69) is 12.1 Å². The van der Waals surface area contributed by atoms with Crippen LogP contribution in [-0.2, 0) is 0 Å². The Labute approximate surface area is 161 Å². The summed E-state index contributed by atoms with van der Waals surface area (Å²) in [6, 6.07) is 23.6. The van der Waals surface area contributed by atoms with Crippen LogP contribution in [0.1, 0.15) is 15.9 Å². The van der Waals surface area contributed by atoms with Gasteiger partial charge in [0.1, 0.15) is 0 Å². The third kappa shape index (κ3) is 4.18. The number of hydrogen-bond acceptors (Lipinski definition) is 1. The summed E-state index contributed by atoms with van der Waals surface area (Å²) in [7, 11) is 0.636. The molecule has 0 aromatic heterocycles. The molecule has 0 saturated carbocycles. The van der Waals surface area contributed by atoms with Crippen molar-refractivity contribution in [1.82, 2.24) is 0 Å². The summed E-state index contributed by atoms with van der Waals surface area (Å²) in [4.78, 5) is 12.7. The van der Waals surface area contributed by atoms with Crippen molar-refractivity contribution in [3.8, 4) is 11.1 Å². The molecule has 0 radical (unpaired) electrons. The first-order chi connectivity index (χ1) is 11.2. The molecule has 3 rings (SSSR count). The molecule has 4 heteroatoms. The normalized spacial score (nSPS) is 10.6. The number of benzene rings is 3. The summed E-state index contributed by atoms with van der Waals surface area (Å²) in [6.07, 6.45) is 0. The zero-order valence-electron chi connectivity index (χ0n) is 13.7. The van der Waals surface area contributed by atoms with Gasteiger partial charge in [-0.1, -0.05) is 78.3 Å². The smallest absolute Gasteiger partial charge is 0.425 e. The Bertz CT molecular complexity index is 829. The maximum atomic E-state index is 12.7. The van der Waals surface area contributed by atoms with Crippen molar-refractivity contribution in [2.75, 3.05) is 0 Å². The molecule has 0 spiro atoms. The Kier molecular flexibility index (Phi) is 6.85. The molecule has 0 N–H and O–H groups in total. The maximum absolute atomic E-state index is 12.7. The first-order valence-electron chi connectivity index (χ1n) is 7.32. The molecule has 0 amide bonds. The molecule has 3 aromatic carbocycles. The first kappa shape index (κ1) is 19.0. The van der Waals surface area contributed by atoms with Crippen LogP contribution in [0, 0.1) is 6.92 Å². The average molecular weight is 345 g/mol. The van der Waals surface area contributed by atoms with Crippen LogP contribution in [0.3, 0.4) is 0 Å². The van der Waals surface area contributed by atoms with Crippen molar-refractivity contribution in [1.29, 1.82) is 0 Å². The standard InChI is InChI=1S/C20H15ClOP.Li/c1-14-8-7-12-17(21)19(14)20(22)23-18-13-6-5-11-16(18)15-9-3-2-4-10-15;/h2-13H,1H3;/q-1;+1. The fraction of sp³-hybridized carbons (Fsp3) is 0.0500. The van der Waals surface area contributed by atoms with Gasteiger partial charge in [-0.25, -0.2) is 0 Å². The van der Waals surface area contributed by atoms with Crippen LogP contribution in [0.4, 0.5) is 0 Å². The molecular weight excluding hydrogens is 330 g/mol. The molecule has 0 heterocycles. The molecule has 0 atom stereocenters. The average Bonchev–Trinajstić information content (AvgIpc) is 2.56. The van der Waals surface area contributed by atoms with E-state index in [0.29, 0.717) is 19.2 Å². The second-order valence-corrected chi connectivity index (χ2v) is 6.75. The maximum Gasteiger partial charge on any atom is 1.00 e. The van der Waals surface area contributed by atoms with Crippen LogP contribution in [0.2, 0.25) is 5.02 Å². The summed E-state index contributed by atoms with van der Waals surface area (Å²) < 4.78 is 0. The van der Waals surface area contributed by atoms with Gasteiger partial charge in [0.25, 0.3) is 0 Å². The number of aryl methyl sites for hydroxylation is 1. The van der Waals surface area contributed by atoms with E-state index in [0.717, 1.165) is 22.0 Å². The topological polar surface area (TPSA) is 17.1 Å². The number of carbonyl (C=O) groups excluding carboxylic acids is 1. The minimum atomic E-state index is 0. The zero-order valence-corrected chi connectivity index (χ0v) is 15.3. The van der Waals surface area contributed by atoms with E-state index in [1.807, 2.05) is 61.5 Å². The van der Waals surface area contributed by atoms with Gasteiger partial charge in [-0.3, -0.25) is 0 Å². The van der Waals surface area contributed by atoms with E-state index in [4.69, 9.17) is 11.6 Å². The van der Waals surface area contributed by atoms with Crippen LogP contribution in [0.5, 0.6) is 0 Å². The van der Waals surface area contributed by atoms with Crippen LogP contribution in [0.15, 0.2) is 72.8 Å². The fourth-order valence-electron chi connectivity index (χ4n) is 2.50. The van der Waals surface area contributed by atoms with Crippen molar-refractivity contribution in [3.63, 3.8) is 0 Å². The van der Waals surface area contributed by atoms with Gasteiger partial charge in [-0.2, -0.15) is 5.30 Å². The molecule has 0 unspecified atom stereocenters. The Hall–Kier alpha value is -1.35. The molecule has 3 aromatic rings. The van der Waals surface area contributed by atoms with Crippen LogP contribution >= 0.6 is 20.2 Å². The molecule has 1 nitrogen and oxygen atoms in total. The van der Waals surface area contributed by atoms with Gasteiger partial charge >= 0.3 is 18.9 Å². The molecule has 0 aliphatic rings. The second kappa shape index (κ2) is 8.66. The predicted octanol–water partition coefficient (Wildman–Crippen LogP) is 2.73. The Morgan fingerprint density at radius 1 is 0.875 bits per heavy atom. The molecule has 24 heavy (non-hydrogen) atoms. The third-order valence-corrected chi connectivity index (χ3v) is 5.02. The van der Waals surface area contributed by atoms with E-state index in [-0.39, 0.29) is 24.4 Å². The van der Waals surface area contributed by atoms with E-state index >= 15 is 0 Å². The molecule has 0 aliphatic heterocycles. The number of halogens is 1. The monoisotopic (exact) mass is 344 g/mol. The van der Waals surface area contributed by atoms with E-state index < -0.39 is 0 Å². The Morgan fingerprint density at radius 2 is 1.54 bits per heavy atom. The third-order valence-electron chi connectivity index (χ3n) is 3.65. The number of rotatable bonds is 4. The van der Waals surface area contributed by atoms with E-state index in [1.54, 1.807) is 6.07 Å². The minimum Gasteiger partial charge on any atom is -0.425 e. The van der Waals surface area contributed by atoms with Crippen molar-refractivity contribution in [2.45, 2.75) is 6.92 Å². The quantitative estimate of drug-likeness (QED) is 0.525. The van der Waals surface area contributed by atoms with E-state index in [1.165, 1.54) is 0 Å². The predicted molar refractivity (Wildman–Crippen MR) is 99.0 cm³/mol. The van der Waals surface area contributed by atoms with E-state index in [9.17, 15) is 4.79 Å². The van der Waals surface area contributed by atoms with Crippen LogP contribution in [0.25, 0.3) is 11.1 Å². The molecule has 0 bridgehead atoms. The largest absolute Gasteiger partial charge is 1.00 e. The van der Waals surface area contributed by atoms with Gasteiger partial charge in [0.2, 0.25) is 0 Å². The second-order valence-electron chi connectivity index (χ2n) is 5.23. The van der Waals surface area contributed by atoms with Gasteiger partial charge in [0.15, 0.2) is 0 Å².